The molecule has 1 amide bonds. The monoisotopic (exact) mass is 478 g/mol. The topological polar surface area (TPSA) is 113 Å². The molecule has 1 N–H and O–H groups in total. The van der Waals surface area contributed by atoms with Crippen LogP contribution in [0.4, 0.5) is 27.9 Å². The highest BCUT2D eigenvalue weighted by molar-refractivity contribution is 5.98. The zero-order valence-corrected chi connectivity index (χ0v) is 17.2. The molecule has 9 nitrogen and oxygen atoms in total. The average Bonchev–Trinajstić information content (AvgIpc) is 3.44. The van der Waals surface area contributed by atoms with Crippen LogP contribution < -0.4 is 5.32 Å². The number of carbonyl (C=O) groups is 1. The van der Waals surface area contributed by atoms with Gasteiger partial charge in [0.15, 0.2) is 0 Å². The molecule has 1 aliphatic heterocycles. The number of alkyl halides is 5. The predicted octanol–water partition coefficient (Wildman–Crippen LogP) is 2.91. The van der Waals surface area contributed by atoms with Gasteiger partial charge in [0.05, 0.1) is 40.8 Å². The summed E-state index contributed by atoms with van der Waals surface area (Å²) in [5, 5.41) is 19.6. The fraction of sp³-hybridized carbons (Fsp3) is 0.300. The van der Waals surface area contributed by atoms with E-state index in [9.17, 15) is 32.0 Å². The van der Waals surface area contributed by atoms with Crippen molar-refractivity contribution in [3.8, 4) is 11.8 Å². The summed E-state index contributed by atoms with van der Waals surface area (Å²) in [7, 11) is 0. The molecule has 1 aromatic carbocycles. The molecule has 2 aromatic heterocycles. The van der Waals surface area contributed by atoms with E-state index < -0.39 is 42.6 Å². The van der Waals surface area contributed by atoms with Gasteiger partial charge in [-0.1, -0.05) is 0 Å². The Bertz CT molecular complexity index is 1220. The Hall–Kier alpha value is -4.15. The van der Waals surface area contributed by atoms with Gasteiger partial charge in [-0.15, -0.1) is 0 Å². The molecule has 0 unspecified atom stereocenters. The van der Waals surface area contributed by atoms with Gasteiger partial charge in [0.1, 0.15) is 6.04 Å². The molecule has 176 valence electrons. The fourth-order valence-electron chi connectivity index (χ4n) is 3.52. The van der Waals surface area contributed by atoms with E-state index >= 15 is 0 Å². The van der Waals surface area contributed by atoms with Gasteiger partial charge in [-0.2, -0.15) is 33.4 Å². The van der Waals surface area contributed by atoms with Crippen LogP contribution in [0.1, 0.15) is 27.9 Å². The number of hydrogen-bond donors (Lipinski definition) is 1. The minimum absolute atomic E-state index is 0.0521. The molecule has 3 aromatic rings. The summed E-state index contributed by atoms with van der Waals surface area (Å²) in [4.78, 5) is 22.4. The third-order valence-electron chi connectivity index (χ3n) is 5.23. The Balaban J connectivity index is 1.59. The number of anilines is 1. The number of nitrogens with zero attached hydrogens (tertiary/aromatic N) is 7. The van der Waals surface area contributed by atoms with Crippen molar-refractivity contribution in [3.63, 3.8) is 0 Å². The molecule has 0 bridgehead atoms. The Morgan fingerprint density at radius 1 is 1.21 bits per heavy atom. The first-order chi connectivity index (χ1) is 16.1. The van der Waals surface area contributed by atoms with Gasteiger partial charge >= 0.3 is 6.18 Å². The van der Waals surface area contributed by atoms with Gasteiger partial charge < -0.3 is 10.2 Å². The van der Waals surface area contributed by atoms with E-state index in [0.717, 1.165) is 9.70 Å². The molecule has 3 heterocycles. The number of aromatic nitrogens is 5. The molecule has 0 spiro atoms. The lowest BCUT2D eigenvalue weighted by atomic mass is 10.1. The van der Waals surface area contributed by atoms with Crippen LogP contribution in [0.3, 0.4) is 0 Å². The van der Waals surface area contributed by atoms with E-state index in [-0.39, 0.29) is 29.3 Å². The van der Waals surface area contributed by atoms with Crippen LogP contribution in [0.15, 0.2) is 43.0 Å². The van der Waals surface area contributed by atoms with Crippen molar-refractivity contribution in [1.29, 1.82) is 5.26 Å². The van der Waals surface area contributed by atoms with Crippen molar-refractivity contribution in [3.05, 3.63) is 59.7 Å². The highest BCUT2D eigenvalue weighted by atomic mass is 19.4. The smallest absolute Gasteiger partial charge is 0.352 e. The molecule has 0 aliphatic carbocycles. The number of likely N-dealkylation sites (tertiary alicyclic amines) is 1. The summed E-state index contributed by atoms with van der Waals surface area (Å²) in [6.45, 7) is -0.799. The zero-order valence-electron chi connectivity index (χ0n) is 17.2. The fourth-order valence-corrected chi connectivity index (χ4v) is 3.52. The van der Waals surface area contributed by atoms with E-state index in [1.54, 1.807) is 0 Å². The van der Waals surface area contributed by atoms with Crippen molar-refractivity contribution >= 4 is 11.9 Å². The van der Waals surface area contributed by atoms with Gasteiger partial charge in [0, 0.05) is 31.9 Å². The highest BCUT2D eigenvalue weighted by Crippen LogP contribution is 2.36. The van der Waals surface area contributed by atoms with E-state index in [1.165, 1.54) is 30.6 Å². The van der Waals surface area contributed by atoms with Crippen LogP contribution in [0.5, 0.6) is 0 Å². The molecule has 1 fully saturated rings. The summed E-state index contributed by atoms with van der Waals surface area (Å²) in [5.74, 6) is -4.36. The number of amides is 1. The van der Waals surface area contributed by atoms with Gasteiger partial charge in [-0.3, -0.25) is 4.79 Å². The molecule has 1 saturated heterocycles. The molecule has 0 saturated carbocycles. The number of benzene rings is 1. The number of nitriles is 1. The Labute approximate surface area is 188 Å². The number of halogens is 5. The largest absolute Gasteiger partial charge is 0.419 e. The molecule has 14 heteroatoms. The minimum atomic E-state index is -4.64. The first-order valence-corrected chi connectivity index (χ1v) is 9.83. The minimum Gasteiger partial charge on any atom is -0.352 e. The van der Waals surface area contributed by atoms with Crippen molar-refractivity contribution in [2.24, 2.45) is 0 Å². The molecule has 4 rings (SSSR count). The molecule has 34 heavy (non-hydrogen) atoms. The Morgan fingerprint density at radius 2 is 1.88 bits per heavy atom. The van der Waals surface area contributed by atoms with Crippen LogP contribution >= 0.6 is 0 Å². The first-order valence-electron chi connectivity index (χ1n) is 9.83. The van der Waals surface area contributed by atoms with Gasteiger partial charge in [-0.25, -0.2) is 18.7 Å². The van der Waals surface area contributed by atoms with Crippen molar-refractivity contribution in [2.75, 3.05) is 18.4 Å². The zero-order chi connectivity index (χ0) is 24.5. The van der Waals surface area contributed by atoms with E-state index in [4.69, 9.17) is 0 Å². The Kier molecular flexibility index (Phi) is 5.86. The lowest BCUT2D eigenvalue weighted by molar-refractivity contribution is -0.138. The van der Waals surface area contributed by atoms with Crippen molar-refractivity contribution in [1.82, 2.24) is 29.9 Å². The SMILES string of the molecule is N#Cc1ccc(-n2nccn2)c(C(=O)N2CCC(F)(F)[C@H]2CNc2ncc(C(F)(F)F)cn2)c1. The van der Waals surface area contributed by atoms with Crippen LogP contribution in [0, 0.1) is 11.3 Å². The predicted molar refractivity (Wildman–Crippen MR) is 106 cm³/mol. The lowest BCUT2D eigenvalue weighted by Crippen LogP contribution is -2.47. The second-order valence-electron chi connectivity index (χ2n) is 7.36. The average molecular weight is 478 g/mol. The van der Waals surface area contributed by atoms with Gasteiger partial charge in [0.25, 0.3) is 11.8 Å². The number of nitrogens with one attached hydrogen (secondary N) is 1. The van der Waals surface area contributed by atoms with E-state index in [2.05, 4.69) is 25.5 Å². The molecular weight excluding hydrogens is 463 g/mol. The summed E-state index contributed by atoms with van der Waals surface area (Å²) in [5.41, 5.74) is -0.804. The van der Waals surface area contributed by atoms with Crippen LogP contribution in [-0.4, -0.2) is 60.8 Å². The van der Waals surface area contributed by atoms with Crippen LogP contribution in [0.2, 0.25) is 0 Å². The van der Waals surface area contributed by atoms with Gasteiger partial charge in [0.2, 0.25) is 5.95 Å². The summed E-state index contributed by atoms with van der Waals surface area (Å²) in [6.07, 6.45) is -1.46. The maximum absolute atomic E-state index is 14.7. The third kappa shape index (κ3) is 4.49. The quantitative estimate of drug-likeness (QED) is 0.561. The van der Waals surface area contributed by atoms with Crippen molar-refractivity contribution < 1.29 is 26.7 Å². The summed E-state index contributed by atoms with van der Waals surface area (Å²) >= 11 is 0. The first kappa shape index (κ1) is 23.0. The van der Waals surface area contributed by atoms with E-state index in [0.29, 0.717) is 12.4 Å². The summed E-state index contributed by atoms with van der Waals surface area (Å²) < 4.78 is 67.3. The number of carbonyl (C=O) groups excluding carboxylic acids is 1. The molecule has 1 atom stereocenters. The maximum atomic E-state index is 14.7. The van der Waals surface area contributed by atoms with Crippen LogP contribution in [-0.2, 0) is 6.18 Å². The van der Waals surface area contributed by atoms with Crippen molar-refractivity contribution in [2.45, 2.75) is 24.6 Å². The van der Waals surface area contributed by atoms with Gasteiger partial charge in [-0.05, 0) is 18.2 Å². The second kappa shape index (κ2) is 8.65. The molecule has 1 aliphatic rings. The van der Waals surface area contributed by atoms with E-state index in [1.807, 2.05) is 6.07 Å². The standard InChI is InChI=1S/C20H15F5N8O/c21-19(22)3-6-32(16(19)11-29-18-27-9-13(10-28-18)20(23,24)25)17(34)14-7-12(8-26)1-2-15(14)33-30-4-5-31-33/h1-2,4-5,7,9-10,16H,3,6,11H2,(H,27,28,29)/t16-/m1/s1. The second-order valence-corrected chi connectivity index (χ2v) is 7.36. The highest BCUT2D eigenvalue weighted by Gasteiger charge is 2.51. The number of rotatable bonds is 5. The summed E-state index contributed by atoms with van der Waals surface area (Å²) in [6, 6.07) is 4.39. The maximum Gasteiger partial charge on any atom is 0.419 e. The molecular formula is C20H15F5N8O. The third-order valence-corrected chi connectivity index (χ3v) is 5.23. The molecule has 0 radical (unpaired) electrons. The number of hydrogen-bond acceptors (Lipinski definition) is 7. The normalized spacial score (nSPS) is 17.4. The Morgan fingerprint density at radius 3 is 2.50 bits per heavy atom. The van der Waals surface area contributed by atoms with Crippen LogP contribution in [0.25, 0.3) is 5.69 Å². The lowest BCUT2D eigenvalue weighted by Gasteiger charge is -2.28.